The van der Waals surface area contributed by atoms with E-state index in [1.807, 2.05) is 49.9 Å². The highest BCUT2D eigenvalue weighted by Gasteiger charge is 2.29. The number of benzene rings is 1. The highest BCUT2D eigenvalue weighted by atomic mass is 16.5. The molecule has 7 nitrogen and oxygen atoms in total. The number of rotatable bonds is 7. The molecular formula is C20H31N3O4. The van der Waals surface area contributed by atoms with Crippen molar-refractivity contribution in [3.8, 4) is 5.75 Å². The zero-order chi connectivity index (χ0) is 19.8. The Labute approximate surface area is 161 Å². The molecule has 0 saturated carbocycles. The SMILES string of the molecule is CCOc1ccc(N2CCN(C(=O)[C@H](CC(C)C)NC(=O)OC)CC2)cc1. The van der Waals surface area contributed by atoms with Crippen molar-refractivity contribution in [3.63, 3.8) is 0 Å². The normalized spacial score (nSPS) is 15.4. The molecule has 0 unspecified atom stereocenters. The maximum atomic E-state index is 12.9. The van der Waals surface area contributed by atoms with Crippen LogP contribution in [0, 0.1) is 5.92 Å². The van der Waals surface area contributed by atoms with E-state index in [1.54, 1.807) is 0 Å². The Balaban J connectivity index is 1.93. The first-order valence-corrected chi connectivity index (χ1v) is 9.55. The molecule has 0 aliphatic carbocycles. The average molecular weight is 377 g/mol. The number of nitrogens with one attached hydrogen (secondary N) is 1. The second-order valence-corrected chi connectivity index (χ2v) is 7.06. The first-order chi connectivity index (χ1) is 12.9. The van der Waals surface area contributed by atoms with Crippen LogP contribution in [0.5, 0.6) is 5.75 Å². The molecule has 1 heterocycles. The maximum Gasteiger partial charge on any atom is 0.407 e. The van der Waals surface area contributed by atoms with E-state index in [1.165, 1.54) is 7.11 Å². The molecule has 27 heavy (non-hydrogen) atoms. The van der Waals surface area contributed by atoms with Gasteiger partial charge in [0.05, 0.1) is 13.7 Å². The van der Waals surface area contributed by atoms with Crippen molar-refractivity contribution < 1.29 is 19.1 Å². The van der Waals surface area contributed by atoms with Gasteiger partial charge >= 0.3 is 6.09 Å². The third kappa shape index (κ3) is 6.05. The van der Waals surface area contributed by atoms with E-state index in [-0.39, 0.29) is 5.91 Å². The third-order valence-electron chi connectivity index (χ3n) is 4.59. The molecule has 0 aromatic heterocycles. The van der Waals surface area contributed by atoms with E-state index >= 15 is 0 Å². The number of anilines is 1. The van der Waals surface area contributed by atoms with Gasteiger partial charge in [0.2, 0.25) is 5.91 Å². The Morgan fingerprint density at radius 2 is 1.74 bits per heavy atom. The largest absolute Gasteiger partial charge is 0.494 e. The Hall–Kier alpha value is -2.44. The van der Waals surface area contributed by atoms with Gasteiger partial charge in [0.15, 0.2) is 0 Å². The Bertz CT molecular complexity index is 610. The molecule has 1 aliphatic rings. The van der Waals surface area contributed by atoms with Gasteiger partial charge in [-0.2, -0.15) is 0 Å². The van der Waals surface area contributed by atoms with Crippen LogP contribution in [0.25, 0.3) is 0 Å². The lowest BCUT2D eigenvalue weighted by molar-refractivity contribution is -0.134. The molecule has 1 atom stereocenters. The fourth-order valence-electron chi connectivity index (χ4n) is 3.22. The van der Waals surface area contributed by atoms with Crippen LogP contribution in [-0.4, -0.2) is 62.8 Å². The predicted molar refractivity (Wildman–Crippen MR) is 105 cm³/mol. The van der Waals surface area contributed by atoms with Crippen molar-refractivity contribution in [2.45, 2.75) is 33.2 Å². The summed E-state index contributed by atoms with van der Waals surface area (Å²) in [6.07, 6.45) is 0.0227. The molecule has 1 N–H and O–H groups in total. The van der Waals surface area contributed by atoms with Crippen LogP contribution < -0.4 is 15.0 Å². The molecule has 1 fully saturated rings. The molecule has 1 aromatic rings. The van der Waals surface area contributed by atoms with Crippen molar-refractivity contribution in [2.75, 3.05) is 44.8 Å². The van der Waals surface area contributed by atoms with Crippen LogP contribution in [0.2, 0.25) is 0 Å². The Kier molecular flexibility index (Phi) is 7.76. The summed E-state index contributed by atoms with van der Waals surface area (Å²) in [5.41, 5.74) is 1.12. The fourth-order valence-corrected chi connectivity index (χ4v) is 3.22. The van der Waals surface area contributed by atoms with Crippen LogP contribution in [-0.2, 0) is 9.53 Å². The third-order valence-corrected chi connectivity index (χ3v) is 4.59. The number of alkyl carbamates (subject to hydrolysis) is 1. The molecule has 0 bridgehead atoms. The van der Waals surface area contributed by atoms with Crippen molar-refractivity contribution >= 4 is 17.7 Å². The van der Waals surface area contributed by atoms with Crippen LogP contribution in [0.1, 0.15) is 27.2 Å². The predicted octanol–water partition coefficient (Wildman–Crippen LogP) is 2.50. The van der Waals surface area contributed by atoms with Gasteiger partial charge in [-0.1, -0.05) is 13.8 Å². The molecule has 150 valence electrons. The lowest BCUT2D eigenvalue weighted by Crippen LogP contribution is -2.55. The highest BCUT2D eigenvalue weighted by molar-refractivity contribution is 5.85. The van der Waals surface area contributed by atoms with Gasteiger partial charge in [-0.15, -0.1) is 0 Å². The molecule has 1 saturated heterocycles. The molecule has 2 amide bonds. The fraction of sp³-hybridized carbons (Fsp3) is 0.600. The summed E-state index contributed by atoms with van der Waals surface area (Å²) in [5.74, 6) is 1.11. The summed E-state index contributed by atoms with van der Waals surface area (Å²) in [5, 5.41) is 2.68. The molecule has 1 aromatic carbocycles. The zero-order valence-corrected chi connectivity index (χ0v) is 16.7. The summed E-state index contributed by atoms with van der Waals surface area (Å²) >= 11 is 0. The molecule has 0 spiro atoms. The molecule has 0 radical (unpaired) electrons. The van der Waals surface area contributed by atoms with Crippen molar-refractivity contribution in [2.24, 2.45) is 5.92 Å². The van der Waals surface area contributed by atoms with E-state index in [0.29, 0.717) is 32.0 Å². The van der Waals surface area contributed by atoms with Gasteiger partial charge in [-0.05, 0) is 43.5 Å². The monoisotopic (exact) mass is 377 g/mol. The first-order valence-electron chi connectivity index (χ1n) is 9.55. The number of carbonyl (C=O) groups excluding carboxylic acids is 2. The zero-order valence-electron chi connectivity index (χ0n) is 16.7. The van der Waals surface area contributed by atoms with E-state index < -0.39 is 12.1 Å². The van der Waals surface area contributed by atoms with Crippen LogP contribution in [0.4, 0.5) is 10.5 Å². The van der Waals surface area contributed by atoms with Crippen molar-refractivity contribution in [1.82, 2.24) is 10.2 Å². The molecule has 2 rings (SSSR count). The van der Waals surface area contributed by atoms with Gasteiger partial charge in [0.25, 0.3) is 0 Å². The van der Waals surface area contributed by atoms with Gasteiger partial charge < -0.3 is 24.6 Å². The quantitative estimate of drug-likeness (QED) is 0.791. The lowest BCUT2D eigenvalue weighted by atomic mass is 10.0. The van der Waals surface area contributed by atoms with E-state index in [0.717, 1.165) is 24.5 Å². The second kappa shape index (κ2) is 10.0. The first kappa shape index (κ1) is 20.9. The number of ether oxygens (including phenoxy) is 2. The summed E-state index contributed by atoms with van der Waals surface area (Å²) in [6, 6.07) is 7.48. The van der Waals surface area contributed by atoms with Crippen LogP contribution in [0.15, 0.2) is 24.3 Å². The van der Waals surface area contributed by atoms with Gasteiger partial charge in [0.1, 0.15) is 11.8 Å². The smallest absolute Gasteiger partial charge is 0.407 e. The van der Waals surface area contributed by atoms with E-state index in [2.05, 4.69) is 15.0 Å². The minimum atomic E-state index is -0.568. The Morgan fingerprint density at radius 3 is 2.26 bits per heavy atom. The number of nitrogens with zero attached hydrogens (tertiary/aromatic N) is 2. The number of hydrogen-bond acceptors (Lipinski definition) is 5. The van der Waals surface area contributed by atoms with Gasteiger partial charge in [-0.3, -0.25) is 4.79 Å². The van der Waals surface area contributed by atoms with Crippen LogP contribution in [0.3, 0.4) is 0 Å². The number of hydrogen-bond donors (Lipinski definition) is 1. The number of carbonyl (C=O) groups is 2. The van der Waals surface area contributed by atoms with E-state index in [4.69, 9.17) is 4.74 Å². The minimum Gasteiger partial charge on any atom is -0.494 e. The lowest BCUT2D eigenvalue weighted by Gasteiger charge is -2.37. The van der Waals surface area contributed by atoms with E-state index in [9.17, 15) is 9.59 Å². The van der Waals surface area contributed by atoms with Crippen molar-refractivity contribution in [3.05, 3.63) is 24.3 Å². The number of methoxy groups -OCH3 is 1. The Morgan fingerprint density at radius 1 is 1.11 bits per heavy atom. The average Bonchev–Trinajstić information content (AvgIpc) is 2.67. The molecule has 7 heteroatoms. The number of piperazine rings is 1. The number of amides is 2. The minimum absolute atomic E-state index is 0.0413. The maximum absolute atomic E-state index is 12.9. The van der Waals surface area contributed by atoms with Crippen LogP contribution >= 0.6 is 0 Å². The second-order valence-electron chi connectivity index (χ2n) is 7.06. The summed E-state index contributed by atoms with van der Waals surface area (Å²) < 4.78 is 10.1. The topological polar surface area (TPSA) is 71.1 Å². The molecule has 1 aliphatic heterocycles. The molecular weight excluding hydrogens is 346 g/mol. The van der Waals surface area contributed by atoms with Gasteiger partial charge in [-0.25, -0.2) is 4.79 Å². The van der Waals surface area contributed by atoms with Crippen molar-refractivity contribution in [1.29, 1.82) is 0 Å². The van der Waals surface area contributed by atoms with Gasteiger partial charge in [0, 0.05) is 31.9 Å². The highest BCUT2D eigenvalue weighted by Crippen LogP contribution is 2.21. The summed E-state index contributed by atoms with van der Waals surface area (Å²) in [4.78, 5) is 28.5. The summed E-state index contributed by atoms with van der Waals surface area (Å²) in [6.45, 7) is 9.45. The standard InChI is InChI=1S/C20H31N3O4/c1-5-27-17-8-6-16(7-9-17)22-10-12-23(13-11-22)19(24)18(14-15(2)3)21-20(25)26-4/h6-9,15,18H,5,10-14H2,1-4H3,(H,21,25)/t18-/m0/s1. The summed E-state index contributed by atoms with van der Waals surface area (Å²) in [7, 11) is 1.31.